The van der Waals surface area contributed by atoms with E-state index in [-0.39, 0.29) is 13.1 Å². The summed E-state index contributed by atoms with van der Waals surface area (Å²) in [5.41, 5.74) is 5.88. The molecule has 0 fully saturated rings. The number of alkyl halides is 3. The van der Waals surface area contributed by atoms with Crippen molar-refractivity contribution in [2.75, 3.05) is 6.54 Å². The fraction of sp³-hybridized carbons (Fsp3) is 0.417. The molecule has 0 radical (unpaired) electrons. The summed E-state index contributed by atoms with van der Waals surface area (Å²) in [7, 11) is 0. The number of halogens is 3. The Kier molecular flexibility index (Phi) is 5.17. The monoisotopic (exact) mass is 276 g/mol. The molecule has 1 aromatic rings. The van der Waals surface area contributed by atoms with Gasteiger partial charge in [0.05, 0.1) is 12.5 Å². The first kappa shape index (κ1) is 15.3. The SMILES string of the molecule is NCC(CC(F)(F)F)N(Cc1ccccc1)C(=O)O. The van der Waals surface area contributed by atoms with Crippen LogP contribution in [0.15, 0.2) is 30.3 Å². The highest BCUT2D eigenvalue weighted by molar-refractivity contribution is 5.65. The fourth-order valence-corrected chi connectivity index (χ4v) is 1.72. The quantitative estimate of drug-likeness (QED) is 0.868. The zero-order chi connectivity index (χ0) is 14.5. The molecule has 7 heteroatoms. The van der Waals surface area contributed by atoms with Crippen molar-refractivity contribution in [2.45, 2.75) is 25.2 Å². The third-order valence-corrected chi connectivity index (χ3v) is 2.62. The Balaban J connectivity index is 2.83. The van der Waals surface area contributed by atoms with Crippen molar-refractivity contribution < 1.29 is 23.1 Å². The first-order valence-corrected chi connectivity index (χ1v) is 5.64. The van der Waals surface area contributed by atoms with Gasteiger partial charge in [0.2, 0.25) is 0 Å². The van der Waals surface area contributed by atoms with Gasteiger partial charge < -0.3 is 10.8 Å². The number of hydrogen-bond acceptors (Lipinski definition) is 2. The third-order valence-electron chi connectivity index (χ3n) is 2.62. The molecule has 19 heavy (non-hydrogen) atoms. The van der Waals surface area contributed by atoms with Crippen LogP contribution in [0.4, 0.5) is 18.0 Å². The molecule has 0 heterocycles. The highest BCUT2D eigenvalue weighted by atomic mass is 19.4. The van der Waals surface area contributed by atoms with E-state index >= 15 is 0 Å². The first-order chi connectivity index (χ1) is 8.83. The lowest BCUT2D eigenvalue weighted by molar-refractivity contribution is -0.145. The molecule has 1 amide bonds. The average Bonchev–Trinajstić information content (AvgIpc) is 2.33. The first-order valence-electron chi connectivity index (χ1n) is 5.64. The van der Waals surface area contributed by atoms with Crippen molar-refractivity contribution in [3.05, 3.63) is 35.9 Å². The van der Waals surface area contributed by atoms with Crippen LogP contribution in [0.5, 0.6) is 0 Å². The Bertz CT molecular complexity index is 409. The molecule has 1 atom stereocenters. The average molecular weight is 276 g/mol. The summed E-state index contributed by atoms with van der Waals surface area (Å²) in [5, 5.41) is 9.04. The molecule has 3 N–H and O–H groups in total. The lowest BCUT2D eigenvalue weighted by Gasteiger charge is -2.29. The molecular weight excluding hydrogens is 261 g/mol. The molecule has 0 aliphatic carbocycles. The van der Waals surface area contributed by atoms with Gasteiger partial charge >= 0.3 is 12.3 Å². The maximum Gasteiger partial charge on any atom is 0.407 e. The van der Waals surface area contributed by atoms with Crippen molar-refractivity contribution >= 4 is 6.09 Å². The molecular formula is C12H15F3N2O2. The second kappa shape index (κ2) is 6.42. The van der Waals surface area contributed by atoms with Gasteiger partial charge in [-0.2, -0.15) is 13.2 Å². The van der Waals surface area contributed by atoms with Crippen molar-refractivity contribution in [1.82, 2.24) is 4.90 Å². The summed E-state index contributed by atoms with van der Waals surface area (Å²) in [6.07, 6.45) is -7.11. The van der Waals surface area contributed by atoms with E-state index in [1.54, 1.807) is 30.3 Å². The second-order valence-electron chi connectivity index (χ2n) is 4.10. The number of carbonyl (C=O) groups is 1. The summed E-state index contributed by atoms with van der Waals surface area (Å²) < 4.78 is 37.1. The minimum absolute atomic E-state index is 0.117. The van der Waals surface area contributed by atoms with Crippen LogP contribution < -0.4 is 5.73 Å². The molecule has 0 aliphatic heterocycles. The highest BCUT2D eigenvalue weighted by Gasteiger charge is 2.35. The molecule has 1 rings (SSSR count). The van der Waals surface area contributed by atoms with E-state index in [9.17, 15) is 18.0 Å². The van der Waals surface area contributed by atoms with Gasteiger partial charge in [0.15, 0.2) is 0 Å². The number of nitrogens with zero attached hydrogens (tertiary/aromatic N) is 1. The van der Waals surface area contributed by atoms with Gasteiger partial charge in [0.25, 0.3) is 0 Å². The number of benzene rings is 1. The largest absolute Gasteiger partial charge is 0.465 e. The highest BCUT2D eigenvalue weighted by Crippen LogP contribution is 2.24. The van der Waals surface area contributed by atoms with E-state index < -0.39 is 24.7 Å². The minimum atomic E-state index is -4.45. The molecule has 0 aromatic heterocycles. The minimum Gasteiger partial charge on any atom is -0.465 e. The van der Waals surface area contributed by atoms with Gasteiger partial charge in [0, 0.05) is 13.1 Å². The van der Waals surface area contributed by atoms with Crippen LogP contribution in [0.3, 0.4) is 0 Å². The molecule has 1 aromatic carbocycles. The van der Waals surface area contributed by atoms with Gasteiger partial charge in [-0.15, -0.1) is 0 Å². The topological polar surface area (TPSA) is 66.6 Å². The summed E-state index contributed by atoms with van der Waals surface area (Å²) >= 11 is 0. The molecule has 0 aliphatic rings. The second-order valence-corrected chi connectivity index (χ2v) is 4.10. The maximum absolute atomic E-state index is 12.4. The van der Waals surface area contributed by atoms with Gasteiger partial charge in [-0.25, -0.2) is 4.79 Å². The third kappa shape index (κ3) is 5.17. The lowest BCUT2D eigenvalue weighted by Crippen LogP contribution is -2.45. The van der Waals surface area contributed by atoms with Crippen molar-refractivity contribution in [3.8, 4) is 0 Å². The van der Waals surface area contributed by atoms with Crippen molar-refractivity contribution in [2.24, 2.45) is 5.73 Å². The predicted molar refractivity (Wildman–Crippen MR) is 63.5 cm³/mol. The van der Waals surface area contributed by atoms with E-state index in [1.165, 1.54) is 0 Å². The molecule has 0 spiro atoms. The number of carboxylic acid groups (broad SMARTS) is 1. The van der Waals surface area contributed by atoms with Crippen molar-refractivity contribution in [3.63, 3.8) is 0 Å². The van der Waals surface area contributed by atoms with E-state index in [1.807, 2.05) is 0 Å². The van der Waals surface area contributed by atoms with E-state index in [0.717, 1.165) is 4.90 Å². The van der Waals surface area contributed by atoms with Crippen LogP contribution in [0.1, 0.15) is 12.0 Å². The number of amides is 1. The molecule has 0 saturated carbocycles. The van der Waals surface area contributed by atoms with Crippen LogP contribution in [0.25, 0.3) is 0 Å². The summed E-state index contributed by atoms with van der Waals surface area (Å²) in [6, 6.07) is 7.14. The Morgan fingerprint density at radius 1 is 1.32 bits per heavy atom. The molecule has 1 unspecified atom stereocenters. The molecule has 106 valence electrons. The number of hydrogen-bond donors (Lipinski definition) is 2. The predicted octanol–water partition coefficient (Wildman–Crippen LogP) is 2.45. The van der Waals surface area contributed by atoms with E-state index in [2.05, 4.69) is 0 Å². The smallest absolute Gasteiger partial charge is 0.407 e. The van der Waals surface area contributed by atoms with Crippen LogP contribution in [0.2, 0.25) is 0 Å². The van der Waals surface area contributed by atoms with Crippen LogP contribution in [-0.4, -0.2) is 34.9 Å². The van der Waals surface area contributed by atoms with Gasteiger partial charge in [-0.3, -0.25) is 4.90 Å². The van der Waals surface area contributed by atoms with Crippen LogP contribution in [0, 0.1) is 0 Å². The summed E-state index contributed by atoms with van der Waals surface area (Å²) in [6.45, 7) is -0.493. The van der Waals surface area contributed by atoms with E-state index in [4.69, 9.17) is 10.8 Å². The van der Waals surface area contributed by atoms with Gasteiger partial charge in [-0.05, 0) is 5.56 Å². The Hall–Kier alpha value is -1.76. The zero-order valence-corrected chi connectivity index (χ0v) is 10.1. The molecule has 0 saturated heterocycles. The maximum atomic E-state index is 12.4. The van der Waals surface area contributed by atoms with Crippen LogP contribution >= 0.6 is 0 Å². The van der Waals surface area contributed by atoms with Crippen molar-refractivity contribution in [1.29, 1.82) is 0 Å². The molecule has 4 nitrogen and oxygen atoms in total. The number of rotatable bonds is 5. The summed E-state index contributed by atoms with van der Waals surface area (Å²) in [5.74, 6) is 0. The standard InChI is InChI=1S/C12H15F3N2O2/c13-12(14,15)6-10(7-16)17(11(18)19)8-9-4-2-1-3-5-9/h1-5,10H,6-8,16H2,(H,18,19). The van der Waals surface area contributed by atoms with E-state index in [0.29, 0.717) is 5.56 Å². The van der Waals surface area contributed by atoms with Gasteiger partial charge in [0.1, 0.15) is 0 Å². The van der Waals surface area contributed by atoms with Crippen LogP contribution in [-0.2, 0) is 6.54 Å². The Morgan fingerprint density at radius 2 is 1.89 bits per heavy atom. The molecule has 0 bridgehead atoms. The fourth-order valence-electron chi connectivity index (χ4n) is 1.72. The van der Waals surface area contributed by atoms with Gasteiger partial charge in [-0.1, -0.05) is 30.3 Å². The Labute approximate surface area is 108 Å². The Morgan fingerprint density at radius 3 is 2.32 bits per heavy atom. The lowest BCUT2D eigenvalue weighted by atomic mass is 10.1. The zero-order valence-electron chi connectivity index (χ0n) is 10.1. The number of nitrogens with two attached hydrogens (primary N) is 1. The normalized spacial score (nSPS) is 13.1. The summed E-state index contributed by atoms with van der Waals surface area (Å²) in [4.78, 5) is 11.8.